The van der Waals surface area contributed by atoms with Crippen LogP contribution in [0, 0.1) is 5.41 Å². The standard InChI is InChI=1S/C40H55O10P/c1-38(2,3)37(41)47-35-34(45-27-31-23-17-12-18-24-31)33(44-26-30-21-15-11-16-22-30)32(28-43-25-29-19-13-10-14-20-29)46-36(35)48-51(42,49-39(4,5)6)50-40(7,8)9/h10-24,32-36H,25-28H2,1-9H3/t32?,33-,34?,35+,36?/m1/s1. The molecule has 3 aromatic rings. The van der Waals surface area contributed by atoms with E-state index in [-0.39, 0.29) is 19.8 Å². The largest absolute Gasteiger partial charge is 0.478 e. The molecule has 0 N–H and O–H groups in total. The number of phosphoric ester groups is 1. The van der Waals surface area contributed by atoms with Gasteiger partial charge in [0.05, 0.1) is 43.0 Å². The SMILES string of the molecule is CC(C)(C)OP(=O)(OC1OC(COCc2ccccc2)[C@@H](OCc2ccccc2)C(OCc2ccccc2)[C@@H]1OC(=O)C(C)(C)C)OC(C)(C)C. The van der Waals surface area contributed by atoms with Crippen molar-refractivity contribution in [2.45, 2.75) is 124 Å². The van der Waals surface area contributed by atoms with E-state index in [1.807, 2.05) is 91.0 Å². The molecule has 11 heteroatoms. The van der Waals surface area contributed by atoms with Crippen LogP contribution < -0.4 is 0 Å². The average molecular weight is 727 g/mol. The van der Waals surface area contributed by atoms with Gasteiger partial charge in [0.2, 0.25) is 6.29 Å². The fourth-order valence-corrected chi connectivity index (χ4v) is 7.06. The first-order valence-electron chi connectivity index (χ1n) is 17.4. The number of carbonyl (C=O) groups is 1. The van der Waals surface area contributed by atoms with Gasteiger partial charge in [0.1, 0.15) is 18.3 Å². The van der Waals surface area contributed by atoms with Crippen molar-refractivity contribution in [1.82, 2.24) is 0 Å². The number of rotatable bonds is 15. The molecule has 1 aliphatic rings. The van der Waals surface area contributed by atoms with Crippen LogP contribution in [0.2, 0.25) is 0 Å². The normalized spacial score (nSPS) is 21.7. The zero-order valence-electron chi connectivity index (χ0n) is 31.4. The lowest BCUT2D eigenvalue weighted by atomic mass is 9.95. The fraction of sp³-hybridized carbons (Fsp3) is 0.525. The average Bonchev–Trinajstić information content (AvgIpc) is 3.03. The van der Waals surface area contributed by atoms with E-state index in [9.17, 15) is 9.36 Å². The monoisotopic (exact) mass is 726 g/mol. The third-order valence-electron chi connectivity index (χ3n) is 7.42. The van der Waals surface area contributed by atoms with Gasteiger partial charge in [-0.1, -0.05) is 91.0 Å². The van der Waals surface area contributed by atoms with Gasteiger partial charge in [-0.05, 0) is 79.0 Å². The van der Waals surface area contributed by atoms with Gasteiger partial charge in [0.15, 0.2) is 6.10 Å². The smallest absolute Gasteiger partial charge is 0.454 e. The van der Waals surface area contributed by atoms with Gasteiger partial charge >= 0.3 is 13.8 Å². The van der Waals surface area contributed by atoms with E-state index in [4.69, 9.17) is 37.3 Å². The fourth-order valence-electron chi connectivity index (χ4n) is 5.17. The Morgan fingerprint density at radius 2 is 1.06 bits per heavy atom. The lowest BCUT2D eigenvalue weighted by Crippen LogP contribution is -2.62. The van der Waals surface area contributed by atoms with E-state index in [0.717, 1.165) is 16.7 Å². The quantitative estimate of drug-likeness (QED) is 0.111. The van der Waals surface area contributed by atoms with Crippen molar-refractivity contribution < 1.29 is 46.6 Å². The summed E-state index contributed by atoms with van der Waals surface area (Å²) in [5.74, 6) is -0.540. The zero-order valence-corrected chi connectivity index (χ0v) is 32.3. The molecule has 1 saturated heterocycles. The molecule has 0 amide bonds. The van der Waals surface area contributed by atoms with Crippen LogP contribution in [0.4, 0.5) is 0 Å². The molecule has 1 fully saturated rings. The van der Waals surface area contributed by atoms with Crippen LogP contribution in [0.15, 0.2) is 91.0 Å². The Labute approximate surface area is 303 Å². The summed E-state index contributed by atoms with van der Waals surface area (Å²) in [4.78, 5) is 13.6. The predicted octanol–water partition coefficient (Wildman–Crippen LogP) is 8.81. The first-order valence-corrected chi connectivity index (χ1v) is 18.9. The third-order valence-corrected chi connectivity index (χ3v) is 9.42. The highest BCUT2D eigenvalue weighted by atomic mass is 31.2. The van der Waals surface area contributed by atoms with Crippen molar-refractivity contribution in [2.75, 3.05) is 6.61 Å². The van der Waals surface area contributed by atoms with Crippen LogP contribution in [0.5, 0.6) is 0 Å². The van der Waals surface area contributed by atoms with Crippen molar-refractivity contribution in [3.05, 3.63) is 108 Å². The molecule has 4 rings (SSSR count). The Bertz CT molecular complexity index is 1510. The summed E-state index contributed by atoms with van der Waals surface area (Å²) in [5, 5.41) is 0. The van der Waals surface area contributed by atoms with Gasteiger partial charge in [-0.15, -0.1) is 0 Å². The summed E-state index contributed by atoms with van der Waals surface area (Å²) in [6.07, 6.45) is -5.34. The van der Waals surface area contributed by atoms with Crippen LogP contribution in [-0.2, 0) is 66.4 Å². The van der Waals surface area contributed by atoms with Gasteiger partial charge in [-0.25, -0.2) is 4.57 Å². The summed E-state index contributed by atoms with van der Waals surface area (Å²) in [6.45, 7) is 16.4. The van der Waals surface area contributed by atoms with E-state index in [2.05, 4.69) is 0 Å². The maximum Gasteiger partial charge on any atom is 0.478 e. The Kier molecular flexibility index (Phi) is 14.2. The zero-order chi connectivity index (χ0) is 37.3. The van der Waals surface area contributed by atoms with Crippen LogP contribution in [0.1, 0.15) is 79.0 Å². The van der Waals surface area contributed by atoms with E-state index in [0.29, 0.717) is 6.61 Å². The van der Waals surface area contributed by atoms with Crippen molar-refractivity contribution in [3.63, 3.8) is 0 Å². The second kappa shape index (κ2) is 17.7. The number of benzene rings is 3. The Balaban J connectivity index is 1.78. The molecular weight excluding hydrogens is 671 g/mol. The van der Waals surface area contributed by atoms with E-state index >= 15 is 0 Å². The molecular formula is C40H55O10P. The maximum absolute atomic E-state index is 14.5. The van der Waals surface area contributed by atoms with Crippen molar-refractivity contribution in [1.29, 1.82) is 0 Å². The molecule has 5 atom stereocenters. The summed E-state index contributed by atoms with van der Waals surface area (Å²) in [6, 6.07) is 29.1. The number of carbonyl (C=O) groups excluding carboxylic acids is 1. The Hall–Kier alpha value is -2.92. The molecule has 1 aliphatic heterocycles. The number of hydrogen-bond acceptors (Lipinski definition) is 10. The summed E-state index contributed by atoms with van der Waals surface area (Å²) in [5.41, 5.74) is 0.00706. The highest BCUT2D eigenvalue weighted by Crippen LogP contribution is 2.57. The molecule has 51 heavy (non-hydrogen) atoms. The first-order chi connectivity index (χ1) is 23.9. The molecule has 1 heterocycles. The van der Waals surface area contributed by atoms with Gasteiger partial charge in [-0.3, -0.25) is 18.4 Å². The highest BCUT2D eigenvalue weighted by molar-refractivity contribution is 7.48. The minimum absolute atomic E-state index is 0.0455. The van der Waals surface area contributed by atoms with Crippen molar-refractivity contribution in [3.8, 4) is 0 Å². The Morgan fingerprint density at radius 3 is 1.49 bits per heavy atom. The van der Waals surface area contributed by atoms with Crippen molar-refractivity contribution in [2.24, 2.45) is 5.41 Å². The minimum atomic E-state index is -4.39. The van der Waals surface area contributed by atoms with E-state index in [1.54, 1.807) is 62.3 Å². The molecule has 0 radical (unpaired) electrons. The summed E-state index contributed by atoms with van der Waals surface area (Å²) >= 11 is 0. The second-order valence-electron chi connectivity index (χ2n) is 15.6. The van der Waals surface area contributed by atoms with Gasteiger partial charge in [-0.2, -0.15) is 0 Å². The topological polar surface area (TPSA) is 108 Å². The van der Waals surface area contributed by atoms with Crippen molar-refractivity contribution >= 4 is 13.8 Å². The highest BCUT2D eigenvalue weighted by Gasteiger charge is 2.54. The number of hydrogen-bond donors (Lipinski definition) is 0. The van der Waals surface area contributed by atoms with Crippen LogP contribution in [-0.4, -0.2) is 54.5 Å². The minimum Gasteiger partial charge on any atom is -0.454 e. The van der Waals surface area contributed by atoms with E-state index in [1.165, 1.54) is 0 Å². The first kappa shape index (κ1) is 40.8. The molecule has 0 bridgehead atoms. The lowest BCUT2D eigenvalue weighted by molar-refractivity contribution is -0.308. The molecule has 0 aromatic heterocycles. The van der Waals surface area contributed by atoms with E-state index < -0.39 is 61.1 Å². The molecule has 0 spiro atoms. The number of esters is 1. The molecule has 280 valence electrons. The van der Waals surface area contributed by atoms with Gasteiger partial charge in [0, 0.05) is 0 Å². The third kappa shape index (κ3) is 13.5. The van der Waals surface area contributed by atoms with Crippen LogP contribution in [0.3, 0.4) is 0 Å². The van der Waals surface area contributed by atoms with Gasteiger partial charge in [0.25, 0.3) is 0 Å². The molecule has 0 aliphatic carbocycles. The summed E-state index contributed by atoms with van der Waals surface area (Å²) < 4.78 is 65.0. The predicted molar refractivity (Wildman–Crippen MR) is 194 cm³/mol. The number of phosphoric acid groups is 1. The molecule has 10 nitrogen and oxygen atoms in total. The molecule has 3 aromatic carbocycles. The van der Waals surface area contributed by atoms with Crippen LogP contribution >= 0.6 is 7.82 Å². The molecule has 3 unspecified atom stereocenters. The maximum atomic E-state index is 14.5. The summed E-state index contributed by atoms with van der Waals surface area (Å²) in [7, 11) is -4.39. The lowest BCUT2D eigenvalue weighted by Gasteiger charge is -2.46. The van der Waals surface area contributed by atoms with Gasteiger partial charge < -0.3 is 23.7 Å². The Morgan fingerprint density at radius 1 is 0.627 bits per heavy atom. The number of ether oxygens (including phenoxy) is 5. The molecule has 0 saturated carbocycles. The van der Waals surface area contributed by atoms with Crippen LogP contribution in [0.25, 0.3) is 0 Å². The second-order valence-corrected chi connectivity index (χ2v) is 17.1.